The van der Waals surface area contributed by atoms with E-state index in [0.29, 0.717) is 19.4 Å². The van der Waals surface area contributed by atoms with Crippen LogP contribution < -0.4 is 15.8 Å². The second-order valence-corrected chi connectivity index (χ2v) is 7.73. The van der Waals surface area contributed by atoms with Crippen molar-refractivity contribution in [3.05, 3.63) is 40.8 Å². The molecule has 26 heavy (non-hydrogen) atoms. The van der Waals surface area contributed by atoms with Crippen LogP contribution in [-0.4, -0.2) is 37.9 Å². The fourth-order valence-electron chi connectivity index (χ4n) is 2.67. The van der Waals surface area contributed by atoms with Gasteiger partial charge in [0.2, 0.25) is 5.82 Å². The Labute approximate surface area is 148 Å². The van der Waals surface area contributed by atoms with E-state index in [2.05, 4.69) is 30.7 Å². The van der Waals surface area contributed by atoms with Gasteiger partial charge in [0.1, 0.15) is 15.7 Å². The van der Waals surface area contributed by atoms with Crippen LogP contribution in [0.25, 0.3) is 0 Å². The lowest BCUT2D eigenvalue weighted by Gasteiger charge is -2.31. The molecule has 12 heteroatoms. The zero-order chi connectivity index (χ0) is 18.7. The van der Waals surface area contributed by atoms with Crippen molar-refractivity contribution in [2.75, 3.05) is 17.6 Å². The number of oxime groups is 1. The van der Waals surface area contributed by atoms with E-state index in [0.717, 1.165) is 11.1 Å². The van der Waals surface area contributed by atoms with Crippen LogP contribution in [0.3, 0.4) is 0 Å². The number of nitrogens with two attached hydrogens (primary N) is 1. The normalized spacial score (nSPS) is 18.5. The number of hydrogen-bond donors (Lipinski definition) is 5. The van der Waals surface area contributed by atoms with Crippen LogP contribution in [0, 0.1) is 10.6 Å². The molecule has 1 aromatic heterocycles. The molecule has 140 valence electrons. The van der Waals surface area contributed by atoms with Crippen LogP contribution in [0.15, 0.2) is 28.0 Å². The maximum absolute atomic E-state index is 13.4. The molecule has 0 radical (unpaired) electrons. The van der Waals surface area contributed by atoms with E-state index in [-0.39, 0.29) is 35.0 Å². The van der Waals surface area contributed by atoms with Crippen LogP contribution in [0.2, 0.25) is 0 Å². The van der Waals surface area contributed by atoms with Crippen molar-refractivity contribution < 1.29 is 18.4 Å². The molecular weight excluding hydrogens is 365 g/mol. The summed E-state index contributed by atoms with van der Waals surface area (Å²) < 4.78 is 36.3. The molecule has 0 aliphatic heterocycles. The highest BCUT2D eigenvalue weighted by atomic mass is 32.2. The van der Waals surface area contributed by atoms with Gasteiger partial charge in [0.15, 0.2) is 11.5 Å². The van der Waals surface area contributed by atoms with Gasteiger partial charge in [-0.1, -0.05) is 11.2 Å². The third-order valence-electron chi connectivity index (χ3n) is 3.95. The van der Waals surface area contributed by atoms with Crippen LogP contribution in [0.5, 0.6) is 0 Å². The number of benzene rings is 1. The topological polar surface area (TPSA) is 163 Å². The fraction of sp³-hybridized carbons (Fsp3) is 0.357. The Morgan fingerprint density at radius 1 is 1.54 bits per heavy atom. The second-order valence-electron chi connectivity index (χ2n) is 5.86. The standard InChI is InChI=1S/C14H18FN7O3S/c15-9-3-2-8-6-11(10(8)7-9)19-14(20-23)12-13(22-25-21-12)18-4-1-5-26(16,17)24/h2-3,7,11,23H,1,4-6H2,(H,18,22)(H,19,20)(H3,16,17,24)/t11-/m1/s1. The lowest BCUT2D eigenvalue weighted by molar-refractivity contribution is 0.303. The summed E-state index contributed by atoms with van der Waals surface area (Å²) in [6, 6.07) is 4.32. The summed E-state index contributed by atoms with van der Waals surface area (Å²) in [4.78, 5) is 0. The Morgan fingerprint density at radius 3 is 3.08 bits per heavy atom. The van der Waals surface area contributed by atoms with Gasteiger partial charge < -0.3 is 15.8 Å². The second kappa shape index (κ2) is 7.25. The molecular formula is C14H18FN7O3S. The van der Waals surface area contributed by atoms with Gasteiger partial charge in [-0.3, -0.25) is 0 Å². The summed E-state index contributed by atoms with van der Waals surface area (Å²) in [7, 11) is -3.05. The fourth-order valence-corrected chi connectivity index (χ4v) is 3.24. The lowest BCUT2D eigenvalue weighted by atomic mass is 9.83. The molecule has 0 fully saturated rings. The SMILES string of the molecule is N=S(N)(=O)CCCNc1nonc1/C(=N\O)N[C@@H]1Cc2ccc(F)cc21. The minimum absolute atomic E-state index is 0.0248. The number of anilines is 1. The predicted octanol–water partition coefficient (Wildman–Crippen LogP) is 0.954. The Morgan fingerprint density at radius 2 is 2.35 bits per heavy atom. The zero-order valence-corrected chi connectivity index (χ0v) is 14.4. The maximum Gasteiger partial charge on any atom is 0.202 e. The van der Waals surface area contributed by atoms with E-state index < -0.39 is 9.92 Å². The summed E-state index contributed by atoms with van der Waals surface area (Å²) in [5, 5.41) is 30.9. The molecule has 2 atom stereocenters. The molecule has 1 unspecified atom stereocenters. The number of fused-ring (bicyclic) bond motifs is 1. The van der Waals surface area contributed by atoms with Crippen molar-refractivity contribution >= 4 is 21.6 Å². The number of nitrogens with zero attached hydrogens (tertiary/aromatic N) is 3. The number of rotatable bonds is 7. The minimum atomic E-state index is -3.05. The van der Waals surface area contributed by atoms with E-state index >= 15 is 0 Å². The summed E-state index contributed by atoms with van der Waals surface area (Å²) in [6.45, 7) is 0.324. The van der Waals surface area contributed by atoms with E-state index in [1.807, 2.05) is 0 Å². The largest absolute Gasteiger partial charge is 0.409 e. The van der Waals surface area contributed by atoms with Crippen LogP contribution >= 0.6 is 0 Å². The molecule has 2 aromatic rings. The molecule has 0 bridgehead atoms. The van der Waals surface area contributed by atoms with Crippen LogP contribution in [0.1, 0.15) is 29.3 Å². The average molecular weight is 383 g/mol. The highest BCUT2D eigenvalue weighted by Gasteiger charge is 2.29. The Balaban J connectivity index is 1.64. The monoisotopic (exact) mass is 383 g/mol. The van der Waals surface area contributed by atoms with Gasteiger partial charge in [0.05, 0.1) is 6.04 Å². The summed E-state index contributed by atoms with van der Waals surface area (Å²) in [5.74, 6) is -0.0621. The molecule has 1 heterocycles. The molecule has 0 amide bonds. The van der Waals surface area contributed by atoms with Gasteiger partial charge in [-0.2, -0.15) is 0 Å². The van der Waals surface area contributed by atoms with Gasteiger partial charge in [-0.25, -0.2) is 23.1 Å². The van der Waals surface area contributed by atoms with E-state index in [9.17, 15) is 13.8 Å². The number of nitrogens with one attached hydrogen (secondary N) is 3. The van der Waals surface area contributed by atoms with Gasteiger partial charge in [-0.05, 0) is 46.4 Å². The Hall–Kier alpha value is -2.73. The quantitative estimate of drug-likeness (QED) is 0.156. The Kier molecular flexibility index (Phi) is 5.04. The average Bonchev–Trinajstić information content (AvgIpc) is 3.02. The third-order valence-corrected chi connectivity index (χ3v) is 4.84. The summed E-state index contributed by atoms with van der Waals surface area (Å²) in [6.07, 6.45) is 1.02. The van der Waals surface area contributed by atoms with E-state index in [1.165, 1.54) is 12.1 Å². The Bertz CT molecular complexity index is 928. The van der Waals surface area contributed by atoms with Crippen molar-refractivity contribution in [2.24, 2.45) is 10.3 Å². The predicted molar refractivity (Wildman–Crippen MR) is 91.6 cm³/mol. The summed E-state index contributed by atoms with van der Waals surface area (Å²) >= 11 is 0. The first-order chi connectivity index (χ1) is 12.4. The van der Waals surface area contributed by atoms with Crippen molar-refractivity contribution in [1.29, 1.82) is 4.78 Å². The lowest BCUT2D eigenvalue weighted by Crippen LogP contribution is -2.37. The van der Waals surface area contributed by atoms with Crippen molar-refractivity contribution in [3.8, 4) is 0 Å². The van der Waals surface area contributed by atoms with Crippen molar-refractivity contribution in [1.82, 2.24) is 15.6 Å². The number of hydrogen-bond acceptors (Lipinski definition) is 8. The first-order valence-electron chi connectivity index (χ1n) is 7.75. The highest BCUT2D eigenvalue weighted by molar-refractivity contribution is 7.90. The molecule has 0 saturated carbocycles. The minimum Gasteiger partial charge on any atom is -0.409 e. The van der Waals surface area contributed by atoms with Crippen LogP contribution in [-0.2, 0) is 16.3 Å². The molecule has 1 aromatic carbocycles. The molecule has 1 aliphatic carbocycles. The molecule has 0 saturated heterocycles. The number of halogens is 1. The molecule has 0 spiro atoms. The number of amidine groups is 1. The third kappa shape index (κ3) is 4.08. The zero-order valence-electron chi connectivity index (χ0n) is 13.6. The maximum atomic E-state index is 13.4. The molecule has 1 aliphatic rings. The van der Waals surface area contributed by atoms with Gasteiger partial charge in [0, 0.05) is 12.3 Å². The van der Waals surface area contributed by atoms with Gasteiger partial charge >= 0.3 is 0 Å². The number of aromatic nitrogens is 2. The van der Waals surface area contributed by atoms with E-state index in [1.54, 1.807) is 6.07 Å². The smallest absolute Gasteiger partial charge is 0.202 e. The van der Waals surface area contributed by atoms with Gasteiger partial charge in [-0.15, -0.1) is 0 Å². The van der Waals surface area contributed by atoms with Crippen molar-refractivity contribution in [2.45, 2.75) is 18.9 Å². The van der Waals surface area contributed by atoms with E-state index in [4.69, 9.17) is 9.92 Å². The first kappa shape index (κ1) is 18.1. The van der Waals surface area contributed by atoms with Crippen molar-refractivity contribution in [3.63, 3.8) is 0 Å². The first-order valence-corrected chi connectivity index (χ1v) is 9.54. The van der Waals surface area contributed by atoms with Crippen LogP contribution in [0.4, 0.5) is 10.2 Å². The van der Waals surface area contributed by atoms with Gasteiger partial charge in [0.25, 0.3) is 0 Å². The summed E-state index contributed by atoms with van der Waals surface area (Å²) in [5.41, 5.74) is 1.94. The molecule has 3 rings (SSSR count). The molecule has 6 N–H and O–H groups in total. The molecule has 10 nitrogen and oxygen atoms in total. The highest BCUT2D eigenvalue weighted by Crippen LogP contribution is 2.33.